The summed E-state index contributed by atoms with van der Waals surface area (Å²) in [5.74, 6) is -0.814. The molecular formula is C11H19F3N2O. The molecule has 1 saturated heterocycles. The lowest BCUT2D eigenvalue weighted by Crippen LogP contribution is -2.42. The highest BCUT2D eigenvalue weighted by atomic mass is 19.4. The standard InChI is InChI=1S/C11H19F3N2O/c1-10(2,3)16-5-4-8(6-16)9(17)15-7-11(12,13)14/h8H,4-7H2,1-3H3,(H,15,17). The van der Waals surface area contributed by atoms with Crippen molar-refractivity contribution >= 4 is 5.91 Å². The lowest BCUT2D eigenvalue weighted by Gasteiger charge is -2.31. The van der Waals surface area contributed by atoms with E-state index in [4.69, 9.17) is 0 Å². The molecule has 1 fully saturated rings. The number of nitrogens with one attached hydrogen (secondary N) is 1. The third-order valence-corrected chi connectivity index (χ3v) is 2.97. The number of halogens is 3. The summed E-state index contributed by atoms with van der Waals surface area (Å²) in [5, 5.41) is 1.95. The molecule has 0 bridgehead atoms. The van der Waals surface area contributed by atoms with Gasteiger partial charge in [-0.15, -0.1) is 0 Å². The van der Waals surface area contributed by atoms with Crippen LogP contribution >= 0.6 is 0 Å². The van der Waals surface area contributed by atoms with Gasteiger partial charge in [0.15, 0.2) is 0 Å². The summed E-state index contributed by atoms with van der Waals surface area (Å²) in [5.41, 5.74) is -0.0426. The van der Waals surface area contributed by atoms with E-state index in [1.807, 2.05) is 26.1 Å². The molecule has 1 N–H and O–H groups in total. The van der Waals surface area contributed by atoms with Crippen LogP contribution in [0.5, 0.6) is 0 Å². The molecule has 0 aromatic heterocycles. The van der Waals surface area contributed by atoms with Crippen molar-refractivity contribution in [2.24, 2.45) is 5.92 Å². The van der Waals surface area contributed by atoms with Crippen LogP contribution in [0.1, 0.15) is 27.2 Å². The third-order valence-electron chi connectivity index (χ3n) is 2.97. The van der Waals surface area contributed by atoms with Gasteiger partial charge in [-0.05, 0) is 33.7 Å². The van der Waals surface area contributed by atoms with Gasteiger partial charge in [0.25, 0.3) is 0 Å². The molecule has 17 heavy (non-hydrogen) atoms. The van der Waals surface area contributed by atoms with E-state index in [9.17, 15) is 18.0 Å². The van der Waals surface area contributed by atoms with E-state index in [0.29, 0.717) is 13.0 Å². The SMILES string of the molecule is CC(C)(C)N1CCC(C(=O)NCC(F)(F)F)C1. The van der Waals surface area contributed by atoms with E-state index in [1.165, 1.54) is 0 Å². The first kappa shape index (κ1) is 14.3. The molecule has 0 aromatic carbocycles. The Labute approximate surface area is 99.4 Å². The van der Waals surface area contributed by atoms with Crippen molar-refractivity contribution in [3.63, 3.8) is 0 Å². The fourth-order valence-electron chi connectivity index (χ4n) is 1.92. The highest BCUT2D eigenvalue weighted by Gasteiger charge is 2.35. The van der Waals surface area contributed by atoms with Crippen LogP contribution < -0.4 is 5.32 Å². The second-order valence-electron chi connectivity index (χ2n) is 5.44. The maximum Gasteiger partial charge on any atom is 0.405 e. The van der Waals surface area contributed by atoms with Gasteiger partial charge in [0, 0.05) is 12.1 Å². The maximum absolute atomic E-state index is 11.9. The van der Waals surface area contributed by atoms with Gasteiger partial charge in [0.2, 0.25) is 5.91 Å². The zero-order valence-corrected chi connectivity index (χ0v) is 10.4. The van der Waals surface area contributed by atoms with Crippen molar-refractivity contribution in [1.29, 1.82) is 0 Å². The molecule has 1 aliphatic rings. The van der Waals surface area contributed by atoms with Gasteiger partial charge in [-0.25, -0.2) is 0 Å². The van der Waals surface area contributed by atoms with Crippen LogP contribution in [0.25, 0.3) is 0 Å². The maximum atomic E-state index is 11.9. The molecule has 1 atom stereocenters. The van der Waals surface area contributed by atoms with E-state index < -0.39 is 18.6 Å². The topological polar surface area (TPSA) is 32.3 Å². The molecule has 100 valence electrons. The minimum atomic E-state index is -4.34. The van der Waals surface area contributed by atoms with Crippen LogP contribution in [-0.4, -0.2) is 42.2 Å². The average Bonchev–Trinajstić information content (AvgIpc) is 2.60. The molecule has 0 spiro atoms. The largest absolute Gasteiger partial charge is 0.405 e. The summed E-state index contributed by atoms with van der Waals surface area (Å²) in [4.78, 5) is 13.6. The van der Waals surface area contributed by atoms with Crippen LogP contribution in [0.2, 0.25) is 0 Å². The summed E-state index contributed by atoms with van der Waals surface area (Å²) in [6.07, 6.45) is -3.71. The fourth-order valence-corrected chi connectivity index (χ4v) is 1.92. The van der Waals surface area contributed by atoms with Gasteiger partial charge in [-0.3, -0.25) is 9.69 Å². The van der Waals surface area contributed by atoms with Gasteiger partial charge >= 0.3 is 6.18 Å². The summed E-state index contributed by atoms with van der Waals surface area (Å²) in [7, 11) is 0. The van der Waals surface area contributed by atoms with Crippen LogP contribution in [0.15, 0.2) is 0 Å². The van der Waals surface area contributed by atoms with Gasteiger partial charge in [-0.1, -0.05) is 0 Å². The quantitative estimate of drug-likeness (QED) is 0.812. The minimum absolute atomic E-state index is 0.0426. The smallest absolute Gasteiger partial charge is 0.347 e. The fraction of sp³-hybridized carbons (Fsp3) is 0.909. The molecule has 1 heterocycles. The van der Waals surface area contributed by atoms with Crippen LogP contribution in [0.4, 0.5) is 13.2 Å². The van der Waals surface area contributed by atoms with E-state index in [0.717, 1.165) is 6.54 Å². The van der Waals surface area contributed by atoms with E-state index in [-0.39, 0.29) is 11.5 Å². The Hall–Kier alpha value is -0.780. The normalized spacial score (nSPS) is 22.8. The molecule has 0 saturated carbocycles. The Kier molecular flexibility index (Phi) is 4.06. The van der Waals surface area contributed by atoms with E-state index in [1.54, 1.807) is 0 Å². The lowest BCUT2D eigenvalue weighted by molar-refractivity contribution is -0.140. The molecule has 0 aliphatic carbocycles. The van der Waals surface area contributed by atoms with Crippen molar-refractivity contribution in [3.05, 3.63) is 0 Å². The lowest BCUT2D eigenvalue weighted by atomic mass is 10.1. The highest BCUT2D eigenvalue weighted by molar-refractivity contribution is 5.79. The van der Waals surface area contributed by atoms with Crippen LogP contribution in [-0.2, 0) is 4.79 Å². The second kappa shape index (κ2) is 4.84. The molecular weight excluding hydrogens is 233 g/mol. The first-order valence-electron chi connectivity index (χ1n) is 5.69. The van der Waals surface area contributed by atoms with Gasteiger partial charge in [-0.2, -0.15) is 13.2 Å². The summed E-state index contributed by atoms with van der Waals surface area (Å²) in [6.45, 7) is 6.15. The number of amides is 1. The van der Waals surface area contributed by atoms with Crippen molar-refractivity contribution < 1.29 is 18.0 Å². The van der Waals surface area contributed by atoms with Crippen LogP contribution in [0, 0.1) is 5.92 Å². The van der Waals surface area contributed by atoms with Crippen molar-refractivity contribution in [1.82, 2.24) is 10.2 Å². The first-order valence-corrected chi connectivity index (χ1v) is 5.69. The minimum Gasteiger partial charge on any atom is -0.347 e. The number of hydrogen-bond donors (Lipinski definition) is 1. The zero-order chi connectivity index (χ0) is 13.3. The van der Waals surface area contributed by atoms with Crippen molar-refractivity contribution in [2.45, 2.75) is 38.9 Å². The Bertz CT molecular complexity index is 283. The highest BCUT2D eigenvalue weighted by Crippen LogP contribution is 2.24. The van der Waals surface area contributed by atoms with Crippen LogP contribution in [0.3, 0.4) is 0 Å². The molecule has 1 aliphatic heterocycles. The Morgan fingerprint density at radius 1 is 1.35 bits per heavy atom. The Morgan fingerprint density at radius 3 is 2.35 bits per heavy atom. The van der Waals surface area contributed by atoms with E-state index >= 15 is 0 Å². The number of nitrogens with zero attached hydrogens (tertiary/aromatic N) is 1. The molecule has 0 radical (unpaired) electrons. The number of hydrogen-bond acceptors (Lipinski definition) is 2. The zero-order valence-electron chi connectivity index (χ0n) is 10.4. The predicted octanol–water partition coefficient (Wildman–Crippen LogP) is 1.79. The van der Waals surface area contributed by atoms with Crippen molar-refractivity contribution in [3.8, 4) is 0 Å². The van der Waals surface area contributed by atoms with Gasteiger partial charge in [0.05, 0.1) is 5.92 Å². The first-order chi connectivity index (χ1) is 7.59. The number of likely N-dealkylation sites (tertiary alicyclic amines) is 1. The molecule has 1 rings (SSSR count). The van der Waals surface area contributed by atoms with E-state index in [2.05, 4.69) is 4.90 Å². The Balaban J connectivity index is 2.41. The average molecular weight is 252 g/mol. The number of rotatable bonds is 2. The summed E-state index contributed by atoms with van der Waals surface area (Å²) >= 11 is 0. The molecule has 1 unspecified atom stereocenters. The molecule has 1 amide bonds. The number of carbonyl (C=O) groups is 1. The Morgan fingerprint density at radius 2 is 1.94 bits per heavy atom. The summed E-state index contributed by atoms with van der Waals surface area (Å²) < 4.78 is 35.8. The van der Waals surface area contributed by atoms with Gasteiger partial charge in [0.1, 0.15) is 6.54 Å². The molecule has 6 heteroatoms. The monoisotopic (exact) mass is 252 g/mol. The number of alkyl halides is 3. The third kappa shape index (κ3) is 4.53. The number of carbonyl (C=O) groups excluding carboxylic acids is 1. The molecule has 3 nitrogen and oxygen atoms in total. The van der Waals surface area contributed by atoms with Gasteiger partial charge < -0.3 is 5.32 Å². The second-order valence-corrected chi connectivity index (χ2v) is 5.44. The molecule has 0 aromatic rings. The predicted molar refractivity (Wildman–Crippen MR) is 58.5 cm³/mol. The summed E-state index contributed by atoms with van der Waals surface area (Å²) in [6, 6.07) is 0. The van der Waals surface area contributed by atoms with Crippen molar-refractivity contribution in [2.75, 3.05) is 19.6 Å².